The van der Waals surface area contributed by atoms with E-state index >= 15 is 0 Å². The highest BCUT2D eigenvalue weighted by molar-refractivity contribution is 7.13. The molecule has 0 aliphatic carbocycles. The zero-order valence-corrected chi connectivity index (χ0v) is 17.9. The summed E-state index contributed by atoms with van der Waals surface area (Å²) >= 11 is 1.41. The Kier molecular flexibility index (Phi) is 7.03. The average molecular weight is 444 g/mol. The number of benzene rings is 2. The van der Waals surface area contributed by atoms with Gasteiger partial charge in [-0.25, -0.2) is 9.78 Å². The number of nitro benzene ring substituents is 1. The Hall–Kier alpha value is -3.66. The molecular formula is C21H20N2O7S. The van der Waals surface area contributed by atoms with Gasteiger partial charge in [0.15, 0.2) is 17.2 Å². The number of nitrogens with zero attached hydrogens (tertiary/aromatic N) is 2. The van der Waals surface area contributed by atoms with Crippen molar-refractivity contribution >= 4 is 23.0 Å². The molecule has 0 bridgehead atoms. The molecule has 3 aromatic rings. The fraction of sp³-hybridized carbons (Fsp3) is 0.238. The smallest absolute Gasteiger partial charge is 0.338 e. The topological polar surface area (TPSA) is 110 Å². The lowest BCUT2D eigenvalue weighted by molar-refractivity contribution is -0.386. The molecule has 0 N–H and O–H groups in total. The molecule has 10 heteroatoms. The number of rotatable bonds is 9. The van der Waals surface area contributed by atoms with Gasteiger partial charge in [0, 0.05) is 17.0 Å². The average Bonchev–Trinajstić information content (AvgIpc) is 3.26. The van der Waals surface area contributed by atoms with Crippen LogP contribution in [-0.2, 0) is 11.3 Å². The van der Waals surface area contributed by atoms with E-state index in [0.717, 1.165) is 16.6 Å². The van der Waals surface area contributed by atoms with Gasteiger partial charge in [-0.1, -0.05) is 0 Å². The number of carbonyl (C=O) groups excluding carboxylic acids is 1. The molecule has 0 aliphatic heterocycles. The van der Waals surface area contributed by atoms with Gasteiger partial charge < -0.3 is 18.9 Å². The van der Waals surface area contributed by atoms with Crippen molar-refractivity contribution in [3.05, 3.63) is 63.1 Å². The summed E-state index contributed by atoms with van der Waals surface area (Å²) in [6, 6.07) is 9.45. The molecule has 0 saturated carbocycles. The van der Waals surface area contributed by atoms with E-state index in [1.807, 2.05) is 30.5 Å². The van der Waals surface area contributed by atoms with Crippen LogP contribution in [0.2, 0.25) is 0 Å². The van der Waals surface area contributed by atoms with E-state index < -0.39 is 10.9 Å². The van der Waals surface area contributed by atoms with Gasteiger partial charge in [0.1, 0.15) is 11.6 Å². The first-order chi connectivity index (χ1) is 15.0. The zero-order valence-electron chi connectivity index (χ0n) is 17.1. The number of thiazole rings is 1. The summed E-state index contributed by atoms with van der Waals surface area (Å²) in [6.45, 7) is 2.46. The molecule has 9 nitrogen and oxygen atoms in total. The molecular weight excluding hydrogens is 424 g/mol. The van der Waals surface area contributed by atoms with Gasteiger partial charge >= 0.3 is 11.7 Å². The molecule has 0 unspecified atom stereocenters. The molecule has 31 heavy (non-hydrogen) atoms. The Morgan fingerprint density at radius 1 is 1.10 bits per heavy atom. The summed E-state index contributed by atoms with van der Waals surface area (Å²) in [7, 11) is 2.78. The molecule has 0 spiro atoms. The van der Waals surface area contributed by atoms with Crippen LogP contribution in [0.1, 0.15) is 23.0 Å². The maximum absolute atomic E-state index is 11.6. The van der Waals surface area contributed by atoms with Crippen molar-refractivity contribution in [1.82, 2.24) is 4.98 Å². The van der Waals surface area contributed by atoms with E-state index in [1.165, 1.54) is 30.6 Å². The minimum absolute atomic E-state index is 0.0308. The summed E-state index contributed by atoms with van der Waals surface area (Å²) in [5.41, 5.74) is 1.21. The predicted octanol–water partition coefficient (Wildman–Crippen LogP) is 4.49. The van der Waals surface area contributed by atoms with Gasteiger partial charge in [0.2, 0.25) is 0 Å². The third-order valence-electron chi connectivity index (χ3n) is 4.21. The third kappa shape index (κ3) is 5.10. The fourth-order valence-electron chi connectivity index (χ4n) is 2.76. The number of carbonyl (C=O) groups is 1. The minimum atomic E-state index is -0.662. The normalized spacial score (nSPS) is 10.4. The first kappa shape index (κ1) is 22.0. The van der Waals surface area contributed by atoms with E-state index in [2.05, 4.69) is 9.72 Å². The highest BCUT2D eigenvalue weighted by Gasteiger charge is 2.20. The number of methoxy groups -OCH3 is 2. The maximum atomic E-state index is 11.6. The quantitative estimate of drug-likeness (QED) is 0.270. The van der Waals surface area contributed by atoms with Gasteiger partial charge in [-0.3, -0.25) is 10.1 Å². The predicted molar refractivity (Wildman–Crippen MR) is 114 cm³/mol. The van der Waals surface area contributed by atoms with Gasteiger partial charge in [0.05, 0.1) is 37.0 Å². The summed E-state index contributed by atoms with van der Waals surface area (Å²) < 4.78 is 21.1. The zero-order chi connectivity index (χ0) is 22.4. The van der Waals surface area contributed by atoms with Crippen LogP contribution in [0.15, 0.2) is 41.8 Å². The molecule has 2 aromatic carbocycles. The molecule has 0 aliphatic rings. The van der Waals surface area contributed by atoms with Crippen LogP contribution in [0.5, 0.6) is 17.2 Å². The number of esters is 1. The lowest BCUT2D eigenvalue weighted by atomic mass is 10.2. The van der Waals surface area contributed by atoms with Crippen LogP contribution < -0.4 is 14.2 Å². The second kappa shape index (κ2) is 9.90. The van der Waals surface area contributed by atoms with Crippen molar-refractivity contribution in [2.75, 3.05) is 20.8 Å². The Morgan fingerprint density at radius 3 is 2.55 bits per heavy atom. The van der Waals surface area contributed by atoms with Crippen LogP contribution in [0, 0.1) is 10.1 Å². The van der Waals surface area contributed by atoms with Crippen LogP contribution >= 0.6 is 11.3 Å². The third-order valence-corrected chi connectivity index (χ3v) is 5.15. The SMILES string of the molecule is CCOc1ccc(-c2nc(COc3ccc(C(=O)OC)cc3[N+](=O)[O-])cs2)cc1OC. The van der Waals surface area contributed by atoms with Gasteiger partial charge in [0.25, 0.3) is 0 Å². The second-order valence-electron chi connectivity index (χ2n) is 6.16. The van der Waals surface area contributed by atoms with E-state index in [-0.39, 0.29) is 23.6 Å². The largest absolute Gasteiger partial charge is 0.493 e. The standard InChI is InChI=1S/C21H20N2O7S/c1-4-29-18-8-5-13(10-19(18)27-2)20-22-15(12-31-20)11-30-17-7-6-14(21(24)28-3)9-16(17)23(25)26/h5-10,12H,4,11H2,1-3H3. The molecule has 0 radical (unpaired) electrons. The van der Waals surface area contributed by atoms with Crippen LogP contribution in [0.4, 0.5) is 5.69 Å². The van der Waals surface area contributed by atoms with Crippen LogP contribution in [-0.4, -0.2) is 36.7 Å². The van der Waals surface area contributed by atoms with E-state index in [4.69, 9.17) is 14.2 Å². The number of aromatic nitrogens is 1. The molecule has 0 atom stereocenters. The summed E-state index contributed by atoms with van der Waals surface area (Å²) in [5.74, 6) is 0.629. The lowest BCUT2D eigenvalue weighted by Crippen LogP contribution is -2.04. The Bertz CT molecular complexity index is 1100. The van der Waals surface area contributed by atoms with Gasteiger partial charge in [-0.05, 0) is 37.3 Å². The summed E-state index contributed by atoms with van der Waals surface area (Å²) in [4.78, 5) is 26.9. The van der Waals surface area contributed by atoms with E-state index in [0.29, 0.717) is 23.8 Å². The molecule has 0 amide bonds. The molecule has 1 aromatic heterocycles. The van der Waals surface area contributed by atoms with Crippen LogP contribution in [0.3, 0.4) is 0 Å². The highest BCUT2D eigenvalue weighted by Crippen LogP contribution is 2.34. The Labute approximate surface area is 182 Å². The second-order valence-corrected chi connectivity index (χ2v) is 7.02. The van der Waals surface area contributed by atoms with Gasteiger partial charge in [-0.15, -0.1) is 11.3 Å². The fourth-order valence-corrected chi connectivity index (χ4v) is 3.56. The van der Waals surface area contributed by atoms with Crippen molar-refractivity contribution in [1.29, 1.82) is 0 Å². The first-order valence-electron chi connectivity index (χ1n) is 9.22. The van der Waals surface area contributed by atoms with Crippen molar-refractivity contribution in [2.24, 2.45) is 0 Å². The number of ether oxygens (including phenoxy) is 4. The van der Waals surface area contributed by atoms with Crippen LogP contribution in [0.25, 0.3) is 10.6 Å². The Morgan fingerprint density at radius 2 is 1.87 bits per heavy atom. The monoisotopic (exact) mass is 444 g/mol. The molecule has 0 fully saturated rings. The molecule has 162 valence electrons. The minimum Gasteiger partial charge on any atom is -0.493 e. The van der Waals surface area contributed by atoms with E-state index in [9.17, 15) is 14.9 Å². The Balaban J connectivity index is 1.76. The van der Waals surface area contributed by atoms with Crippen molar-refractivity contribution < 1.29 is 28.7 Å². The van der Waals surface area contributed by atoms with Gasteiger partial charge in [-0.2, -0.15) is 0 Å². The van der Waals surface area contributed by atoms with Crippen molar-refractivity contribution in [2.45, 2.75) is 13.5 Å². The first-order valence-corrected chi connectivity index (χ1v) is 10.1. The number of nitro groups is 1. The molecule has 0 saturated heterocycles. The van der Waals surface area contributed by atoms with Crippen molar-refractivity contribution in [3.63, 3.8) is 0 Å². The number of hydrogen-bond acceptors (Lipinski definition) is 9. The van der Waals surface area contributed by atoms with E-state index in [1.54, 1.807) is 7.11 Å². The number of hydrogen-bond donors (Lipinski definition) is 0. The lowest BCUT2D eigenvalue weighted by Gasteiger charge is -2.10. The highest BCUT2D eigenvalue weighted by atomic mass is 32.1. The molecule has 1 heterocycles. The maximum Gasteiger partial charge on any atom is 0.338 e. The van der Waals surface area contributed by atoms with Crippen molar-refractivity contribution in [3.8, 4) is 27.8 Å². The summed E-state index contributed by atoms with van der Waals surface area (Å²) in [6.07, 6.45) is 0. The summed E-state index contributed by atoms with van der Waals surface area (Å²) in [5, 5.41) is 13.9. The molecule has 3 rings (SSSR count).